The number of hydrogen-bond acceptors (Lipinski definition) is 4. The van der Waals surface area contributed by atoms with Crippen molar-refractivity contribution in [3.05, 3.63) is 69.7 Å². The van der Waals surface area contributed by atoms with Crippen molar-refractivity contribution in [2.45, 2.75) is 17.2 Å². The molecule has 3 rings (SSSR count). The molecule has 0 saturated carbocycles. The topological polar surface area (TPSA) is 78.0 Å². The highest BCUT2D eigenvalue weighted by Crippen LogP contribution is 2.29. The second-order valence-electron chi connectivity index (χ2n) is 5.12. The summed E-state index contributed by atoms with van der Waals surface area (Å²) < 4.78 is 1.33. The predicted octanol–water partition coefficient (Wildman–Crippen LogP) is 2.83. The third-order valence-electron chi connectivity index (χ3n) is 3.45. The highest BCUT2D eigenvalue weighted by molar-refractivity contribution is 7.98. The summed E-state index contributed by atoms with van der Waals surface area (Å²) in [6, 6.07) is 14.5. The second kappa shape index (κ2) is 7.07. The molecular weight excluding hydrogens is 346 g/mol. The monoisotopic (exact) mass is 359 g/mol. The lowest BCUT2D eigenvalue weighted by molar-refractivity contribution is -0.118. The second-order valence-corrected chi connectivity index (χ2v) is 6.55. The van der Waals surface area contributed by atoms with Crippen molar-refractivity contribution < 1.29 is 4.79 Å². The van der Waals surface area contributed by atoms with Crippen molar-refractivity contribution in [2.24, 2.45) is 5.73 Å². The minimum absolute atomic E-state index is 0.199. The number of nitrogens with zero attached hydrogens (tertiary/aromatic N) is 2. The predicted molar refractivity (Wildman–Crippen MR) is 96.2 cm³/mol. The van der Waals surface area contributed by atoms with Gasteiger partial charge < -0.3 is 5.73 Å². The summed E-state index contributed by atoms with van der Waals surface area (Å²) in [7, 11) is 0. The van der Waals surface area contributed by atoms with Crippen molar-refractivity contribution in [2.75, 3.05) is 0 Å². The number of primary amides is 1. The van der Waals surface area contributed by atoms with E-state index in [9.17, 15) is 9.59 Å². The van der Waals surface area contributed by atoms with E-state index in [0.29, 0.717) is 27.5 Å². The fraction of sp³-hybridized carbons (Fsp3) is 0.118. The number of para-hydroxylation sites is 1. The van der Waals surface area contributed by atoms with E-state index in [0.717, 1.165) is 4.90 Å². The Bertz CT molecular complexity index is 971. The minimum atomic E-state index is -0.585. The molecule has 3 aromatic rings. The number of amides is 1. The zero-order valence-corrected chi connectivity index (χ0v) is 14.2. The first-order valence-corrected chi connectivity index (χ1v) is 8.56. The van der Waals surface area contributed by atoms with Gasteiger partial charge in [-0.3, -0.25) is 14.2 Å². The zero-order chi connectivity index (χ0) is 17.1. The van der Waals surface area contributed by atoms with E-state index in [-0.39, 0.29) is 12.1 Å². The summed E-state index contributed by atoms with van der Waals surface area (Å²) in [5, 5.41) is 1.09. The van der Waals surface area contributed by atoms with Gasteiger partial charge in [-0.1, -0.05) is 35.9 Å². The molecule has 5 nitrogen and oxygen atoms in total. The molecule has 0 radical (unpaired) electrons. The van der Waals surface area contributed by atoms with E-state index in [4.69, 9.17) is 17.3 Å². The third kappa shape index (κ3) is 3.44. The fourth-order valence-electron chi connectivity index (χ4n) is 2.35. The number of benzene rings is 2. The Morgan fingerprint density at radius 3 is 2.62 bits per heavy atom. The number of thioether (sulfide) groups is 1. The maximum absolute atomic E-state index is 12.6. The number of carbonyl (C=O) groups excluding carboxylic acids is 1. The van der Waals surface area contributed by atoms with Crippen LogP contribution in [0.4, 0.5) is 0 Å². The molecule has 7 heteroatoms. The van der Waals surface area contributed by atoms with Crippen molar-refractivity contribution >= 4 is 40.2 Å². The molecule has 2 aromatic carbocycles. The first kappa shape index (κ1) is 16.5. The largest absolute Gasteiger partial charge is 0.368 e. The normalized spacial score (nSPS) is 10.9. The Morgan fingerprint density at radius 2 is 1.88 bits per heavy atom. The molecule has 0 aliphatic carbocycles. The quantitative estimate of drug-likeness (QED) is 0.710. The molecule has 0 saturated heterocycles. The summed E-state index contributed by atoms with van der Waals surface area (Å²) in [6.45, 7) is -0.199. The van der Waals surface area contributed by atoms with E-state index < -0.39 is 5.91 Å². The Labute approximate surface area is 147 Å². The van der Waals surface area contributed by atoms with Crippen LogP contribution >= 0.6 is 23.4 Å². The highest BCUT2D eigenvalue weighted by Gasteiger charge is 2.13. The van der Waals surface area contributed by atoms with E-state index >= 15 is 0 Å². The molecule has 0 unspecified atom stereocenters. The summed E-state index contributed by atoms with van der Waals surface area (Å²) in [6.07, 6.45) is 0. The Kier molecular flexibility index (Phi) is 4.87. The van der Waals surface area contributed by atoms with Gasteiger partial charge in [0.1, 0.15) is 12.4 Å². The smallest absolute Gasteiger partial charge is 0.261 e. The van der Waals surface area contributed by atoms with Crippen molar-refractivity contribution in [3.8, 4) is 0 Å². The van der Waals surface area contributed by atoms with Crippen molar-refractivity contribution in [1.82, 2.24) is 9.55 Å². The lowest BCUT2D eigenvalue weighted by Gasteiger charge is -2.12. The number of hydrogen-bond donors (Lipinski definition) is 1. The van der Waals surface area contributed by atoms with Crippen LogP contribution < -0.4 is 11.3 Å². The first-order chi connectivity index (χ1) is 11.6. The maximum atomic E-state index is 12.6. The summed E-state index contributed by atoms with van der Waals surface area (Å²) >= 11 is 7.61. The van der Waals surface area contributed by atoms with Gasteiger partial charge in [0.05, 0.1) is 21.7 Å². The Hall–Kier alpha value is -2.31. The van der Waals surface area contributed by atoms with Gasteiger partial charge in [-0.15, -0.1) is 11.8 Å². The zero-order valence-electron chi connectivity index (χ0n) is 12.6. The van der Waals surface area contributed by atoms with Crippen LogP contribution in [0, 0.1) is 0 Å². The molecule has 0 aliphatic heterocycles. The van der Waals surface area contributed by atoms with Crippen LogP contribution in [-0.2, 0) is 17.1 Å². The molecule has 122 valence electrons. The number of carbonyl (C=O) groups is 1. The van der Waals surface area contributed by atoms with Gasteiger partial charge in [0, 0.05) is 4.90 Å². The highest BCUT2D eigenvalue weighted by atomic mass is 35.5. The van der Waals surface area contributed by atoms with E-state index in [1.807, 2.05) is 24.3 Å². The van der Waals surface area contributed by atoms with Crippen LogP contribution in [0.25, 0.3) is 10.9 Å². The van der Waals surface area contributed by atoms with Gasteiger partial charge >= 0.3 is 0 Å². The molecule has 0 bridgehead atoms. The molecule has 1 heterocycles. The van der Waals surface area contributed by atoms with Crippen LogP contribution in [0.2, 0.25) is 5.02 Å². The van der Waals surface area contributed by atoms with Crippen LogP contribution in [-0.4, -0.2) is 15.5 Å². The molecule has 0 aliphatic rings. The average molecular weight is 360 g/mol. The number of halogens is 1. The van der Waals surface area contributed by atoms with Gasteiger partial charge in [-0.25, -0.2) is 4.98 Å². The molecule has 1 aromatic heterocycles. The third-order valence-corrected chi connectivity index (χ3v) is 4.96. The number of nitrogens with two attached hydrogens (primary N) is 1. The van der Waals surface area contributed by atoms with Gasteiger partial charge in [-0.05, 0) is 24.3 Å². The van der Waals surface area contributed by atoms with Crippen LogP contribution in [0.15, 0.2) is 58.2 Å². The number of fused-ring (bicyclic) bond motifs is 1. The average Bonchev–Trinajstić information content (AvgIpc) is 2.57. The first-order valence-electron chi connectivity index (χ1n) is 7.20. The standard InChI is InChI=1S/C17H14ClN3O2S/c18-12-6-2-4-8-14(12)24-10-16-20-13-7-3-1-5-11(13)17(23)21(16)9-15(19)22/h1-8H,9-10H2,(H2,19,22). The fourth-order valence-corrected chi connectivity index (χ4v) is 3.53. The van der Waals surface area contributed by atoms with Crippen molar-refractivity contribution in [3.63, 3.8) is 0 Å². The summed E-state index contributed by atoms with van der Waals surface area (Å²) in [4.78, 5) is 29.4. The Morgan fingerprint density at radius 1 is 1.17 bits per heavy atom. The number of aromatic nitrogens is 2. The maximum Gasteiger partial charge on any atom is 0.261 e. The molecule has 0 spiro atoms. The van der Waals surface area contributed by atoms with Gasteiger partial charge in [0.25, 0.3) is 5.56 Å². The summed E-state index contributed by atoms with van der Waals surface area (Å²) in [5.41, 5.74) is 5.61. The lowest BCUT2D eigenvalue weighted by atomic mass is 10.2. The van der Waals surface area contributed by atoms with E-state index in [1.165, 1.54) is 16.3 Å². The van der Waals surface area contributed by atoms with E-state index in [1.54, 1.807) is 24.3 Å². The van der Waals surface area contributed by atoms with E-state index in [2.05, 4.69) is 4.98 Å². The van der Waals surface area contributed by atoms with Crippen LogP contribution in [0.3, 0.4) is 0 Å². The molecule has 24 heavy (non-hydrogen) atoms. The van der Waals surface area contributed by atoms with Crippen LogP contribution in [0.5, 0.6) is 0 Å². The molecule has 1 amide bonds. The molecule has 0 atom stereocenters. The Balaban J connectivity index is 2.03. The van der Waals surface area contributed by atoms with Gasteiger partial charge in [0.15, 0.2) is 0 Å². The van der Waals surface area contributed by atoms with Gasteiger partial charge in [-0.2, -0.15) is 0 Å². The number of rotatable bonds is 5. The van der Waals surface area contributed by atoms with Gasteiger partial charge in [0.2, 0.25) is 5.91 Å². The SMILES string of the molecule is NC(=O)Cn1c(CSc2ccccc2Cl)nc2ccccc2c1=O. The van der Waals surface area contributed by atoms with Crippen molar-refractivity contribution in [1.29, 1.82) is 0 Å². The van der Waals surface area contributed by atoms with Crippen LogP contribution in [0.1, 0.15) is 5.82 Å². The molecule has 2 N–H and O–H groups in total. The minimum Gasteiger partial charge on any atom is -0.368 e. The molecular formula is C17H14ClN3O2S. The summed E-state index contributed by atoms with van der Waals surface area (Å²) in [5.74, 6) is 0.303. The lowest BCUT2D eigenvalue weighted by Crippen LogP contribution is -2.31. The molecule has 0 fully saturated rings.